The minimum Gasteiger partial charge on any atom is -0.398 e. The van der Waals surface area contributed by atoms with Crippen LogP contribution in [0.5, 0.6) is 0 Å². The van der Waals surface area contributed by atoms with Crippen molar-refractivity contribution < 1.29 is 5.11 Å². The van der Waals surface area contributed by atoms with Gasteiger partial charge in [-0.15, -0.1) is 0 Å². The molecule has 0 fully saturated rings. The number of nitrogen functional groups attached to an aromatic ring is 1. The Morgan fingerprint density at radius 1 is 1.31 bits per heavy atom. The van der Waals surface area contributed by atoms with Crippen LogP contribution in [0.3, 0.4) is 0 Å². The molecule has 5 N–H and O–H groups in total. The van der Waals surface area contributed by atoms with Crippen molar-refractivity contribution >= 4 is 51.2 Å². The second-order valence-electron chi connectivity index (χ2n) is 7.86. The molecule has 2 heterocycles. The molecule has 0 spiro atoms. The lowest BCUT2D eigenvalue weighted by atomic mass is 10.0. The number of aromatic nitrogens is 4. The molecule has 3 rings (SSSR count). The fourth-order valence-electron chi connectivity index (χ4n) is 3.29. The molecule has 0 aliphatic rings. The minimum absolute atomic E-state index is 0.00430. The van der Waals surface area contributed by atoms with E-state index in [2.05, 4.69) is 54.2 Å². The van der Waals surface area contributed by atoms with E-state index < -0.39 is 5.60 Å². The fraction of sp³-hybridized carbons (Fsp3) is 0.450. The zero-order valence-electron chi connectivity index (χ0n) is 17.2. The Morgan fingerprint density at radius 3 is 2.76 bits per heavy atom. The normalized spacial score (nSPS) is 12.9. The predicted octanol–water partition coefficient (Wildman–Crippen LogP) is 3.61. The predicted molar refractivity (Wildman–Crippen MR) is 126 cm³/mol. The van der Waals surface area contributed by atoms with Crippen LogP contribution in [0.2, 0.25) is 0 Å². The Bertz CT molecular complexity index is 996. The van der Waals surface area contributed by atoms with Crippen molar-refractivity contribution in [3.05, 3.63) is 33.7 Å². The van der Waals surface area contributed by atoms with Crippen LogP contribution < -0.4 is 16.4 Å². The first kappa shape index (κ1) is 21.6. The summed E-state index contributed by atoms with van der Waals surface area (Å²) in [6, 6.07) is 5.95. The Hall–Kier alpha value is -2.14. The van der Waals surface area contributed by atoms with Crippen LogP contribution in [0.1, 0.15) is 39.7 Å². The van der Waals surface area contributed by atoms with Crippen molar-refractivity contribution in [1.82, 2.24) is 19.5 Å². The summed E-state index contributed by atoms with van der Waals surface area (Å²) >= 11 is 2.27. The molecule has 0 radical (unpaired) electrons. The van der Waals surface area contributed by atoms with Crippen molar-refractivity contribution in [3.8, 4) is 0 Å². The minimum atomic E-state index is -0.773. The van der Waals surface area contributed by atoms with Gasteiger partial charge >= 0.3 is 0 Å². The molecule has 0 saturated carbocycles. The molecule has 3 aromatic rings. The largest absolute Gasteiger partial charge is 0.398 e. The number of benzene rings is 1. The van der Waals surface area contributed by atoms with Crippen molar-refractivity contribution in [2.24, 2.45) is 0 Å². The van der Waals surface area contributed by atoms with Crippen LogP contribution in [0.25, 0.3) is 11.2 Å². The molecule has 0 aliphatic carbocycles. The number of nitrogens with zero attached hydrogens (tertiary/aromatic N) is 4. The molecule has 0 aliphatic heterocycles. The standard InChI is InChI=1S/C20H28IN7O/c1-5-28-11-24-16-17(23-10-13-8-14(21)6-7-15(13)22)26-19(27-18(16)28)25-12(2)9-20(3,4)29/h6-8,11-12,29H,5,9-10,22H2,1-4H3,(H2,23,25,26,27). The van der Waals surface area contributed by atoms with E-state index in [-0.39, 0.29) is 6.04 Å². The third kappa shape index (κ3) is 5.47. The third-order valence-corrected chi connectivity index (χ3v) is 5.21. The van der Waals surface area contributed by atoms with Crippen LogP contribution in [-0.2, 0) is 13.1 Å². The van der Waals surface area contributed by atoms with E-state index in [9.17, 15) is 5.11 Å². The summed E-state index contributed by atoms with van der Waals surface area (Å²) in [6.07, 6.45) is 2.34. The quantitative estimate of drug-likeness (QED) is 0.271. The number of fused-ring (bicyclic) bond motifs is 1. The summed E-state index contributed by atoms with van der Waals surface area (Å²) in [5.41, 5.74) is 8.56. The van der Waals surface area contributed by atoms with Gasteiger partial charge in [0.15, 0.2) is 17.0 Å². The number of imidazole rings is 1. The molecular formula is C20H28IN7O. The van der Waals surface area contributed by atoms with E-state index in [0.717, 1.165) is 32.5 Å². The number of halogens is 1. The molecule has 29 heavy (non-hydrogen) atoms. The zero-order chi connectivity index (χ0) is 21.2. The third-order valence-electron chi connectivity index (χ3n) is 4.54. The molecule has 2 aromatic heterocycles. The summed E-state index contributed by atoms with van der Waals surface area (Å²) < 4.78 is 3.10. The van der Waals surface area contributed by atoms with Crippen LogP contribution >= 0.6 is 22.6 Å². The van der Waals surface area contributed by atoms with Crippen LogP contribution in [0.4, 0.5) is 17.5 Å². The molecule has 1 aromatic carbocycles. The monoisotopic (exact) mass is 509 g/mol. The highest BCUT2D eigenvalue weighted by molar-refractivity contribution is 14.1. The van der Waals surface area contributed by atoms with Gasteiger partial charge in [-0.3, -0.25) is 0 Å². The van der Waals surface area contributed by atoms with Crippen molar-refractivity contribution in [2.75, 3.05) is 16.4 Å². The molecule has 1 unspecified atom stereocenters. The van der Waals surface area contributed by atoms with Gasteiger partial charge in [0.05, 0.1) is 11.9 Å². The second-order valence-corrected chi connectivity index (χ2v) is 9.10. The number of aryl methyl sites for hydroxylation is 1. The van der Waals surface area contributed by atoms with Crippen LogP contribution in [-0.4, -0.2) is 36.3 Å². The number of anilines is 3. The lowest BCUT2D eigenvalue weighted by Gasteiger charge is -2.23. The van der Waals surface area contributed by atoms with Crippen molar-refractivity contribution in [3.63, 3.8) is 0 Å². The lowest BCUT2D eigenvalue weighted by Crippen LogP contribution is -2.29. The molecule has 0 saturated heterocycles. The van der Waals surface area contributed by atoms with Gasteiger partial charge in [0.1, 0.15) is 0 Å². The van der Waals surface area contributed by atoms with Gasteiger partial charge in [-0.25, -0.2) is 4.98 Å². The topological polar surface area (TPSA) is 114 Å². The zero-order valence-corrected chi connectivity index (χ0v) is 19.4. The first-order valence-corrected chi connectivity index (χ1v) is 10.7. The van der Waals surface area contributed by atoms with Gasteiger partial charge in [-0.05, 0) is 80.5 Å². The smallest absolute Gasteiger partial charge is 0.226 e. The highest BCUT2D eigenvalue weighted by Gasteiger charge is 2.19. The number of nitrogens with two attached hydrogens (primary N) is 1. The van der Waals surface area contributed by atoms with Gasteiger partial charge in [-0.1, -0.05) is 0 Å². The van der Waals surface area contributed by atoms with Crippen LogP contribution in [0.15, 0.2) is 24.5 Å². The number of hydrogen-bond donors (Lipinski definition) is 4. The molecule has 9 heteroatoms. The van der Waals surface area contributed by atoms with E-state index >= 15 is 0 Å². The van der Waals surface area contributed by atoms with Crippen LogP contribution in [0, 0.1) is 3.57 Å². The summed E-state index contributed by atoms with van der Waals surface area (Å²) in [4.78, 5) is 13.8. The maximum atomic E-state index is 10.1. The number of nitrogens with one attached hydrogen (secondary N) is 2. The van der Waals surface area contributed by atoms with E-state index in [0.29, 0.717) is 24.7 Å². The Labute approximate surface area is 184 Å². The molecule has 156 valence electrons. The van der Waals surface area contributed by atoms with E-state index in [1.807, 2.05) is 30.5 Å². The van der Waals surface area contributed by atoms with E-state index in [1.54, 1.807) is 20.2 Å². The Balaban J connectivity index is 1.90. The summed E-state index contributed by atoms with van der Waals surface area (Å²) in [5, 5.41) is 16.8. The Kier molecular flexibility index (Phi) is 6.47. The summed E-state index contributed by atoms with van der Waals surface area (Å²) in [6.45, 7) is 8.93. The Morgan fingerprint density at radius 2 is 2.07 bits per heavy atom. The molecule has 0 bridgehead atoms. The maximum Gasteiger partial charge on any atom is 0.226 e. The second kappa shape index (κ2) is 8.70. The number of hydrogen-bond acceptors (Lipinski definition) is 7. The molecule has 8 nitrogen and oxygen atoms in total. The van der Waals surface area contributed by atoms with Crippen molar-refractivity contribution in [2.45, 2.75) is 58.8 Å². The number of aliphatic hydroxyl groups is 1. The van der Waals surface area contributed by atoms with E-state index in [4.69, 9.17) is 5.73 Å². The summed E-state index contributed by atoms with van der Waals surface area (Å²) in [7, 11) is 0. The average Bonchev–Trinajstić information content (AvgIpc) is 3.03. The van der Waals surface area contributed by atoms with Gasteiger partial charge in [0.25, 0.3) is 0 Å². The van der Waals surface area contributed by atoms with Crippen molar-refractivity contribution in [1.29, 1.82) is 0 Å². The highest BCUT2D eigenvalue weighted by Crippen LogP contribution is 2.24. The highest BCUT2D eigenvalue weighted by atomic mass is 127. The maximum absolute atomic E-state index is 10.1. The van der Waals surface area contributed by atoms with Gasteiger partial charge in [0.2, 0.25) is 5.95 Å². The fourth-order valence-corrected chi connectivity index (χ4v) is 3.85. The SMILES string of the molecule is CCn1cnc2c(NCc3cc(I)ccc3N)nc(NC(C)CC(C)(C)O)nc21. The van der Waals surface area contributed by atoms with Gasteiger partial charge in [-0.2, -0.15) is 9.97 Å². The first-order chi connectivity index (χ1) is 13.7. The first-order valence-electron chi connectivity index (χ1n) is 9.66. The number of rotatable bonds is 8. The lowest BCUT2D eigenvalue weighted by molar-refractivity contribution is 0.0672. The molecule has 1 atom stereocenters. The van der Waals surface area contributed by atoms with E-state index in [1.165, 1.54) is 0 Å². The van der Waals surface area contributed by atoms with Gasteiger partial charge < -0.3 is 26.0 Å². The molecule has 0 amide bonds. The molecular weight excluding hydrogens is 481 g/mol. The summed E-state index contributed by atoms with van der Waals surface area (Å²) in [5.74, 6) is 1.15. The van der Waals surface area contributed by atoms with Gasteiger partial charge in [0, 0.05) is 28.4 Å². The average molecular weight is 509 g/mol.